The summed E-state index contributed by atoms with van der Waals surface area (Å²) >= 11 is 0. The standard InChI is InChI=1S/C24H27N3O6S/c28-23-2-1-9-27(23)19-5-3-18(4-6-19)16-24(29)25-10-12-26(13-11-25)34(30,31)20-7-8-21-22(17-20)33-15-14-32-21/h3-8,17H,1-2,9-16H2. The van der Waals surface area contributed by atoms with Crippen LogP contribution in [0.5, 0.6) is 11.5 Å². The van der Waals surface area contributed by atoms with Crippen molar-refractivity contribution in [1.82, 2.24) is 9.21 Å². The van der Waals surface area contributed by atoms with Crippen LogP contribution in [0, 0.1) is 0 Å². The van der Waals surface area contributed by atoms with Crippen LogP contribution < -0.4 is 14.4 Å². The molecule has 0 N–H and O–H groups in total. The van der Waals surface area contributed by atoms with Crippen LogP contribution in [0.2, 0.25) is 0 Å². The quantitative estimate of drug-likeness (QED) is 0.639. The van der Waals surface area contributed by atoms with Crippen LogP contribution in [0.15, 0.2) is 47.4 Å². The van der Waals surface area contributed by atoms with Crippen molar-refractivity contribution in [3.05, 3.63) is 48.0 Å². The van der Waals surface area contributed by atoms with Crippen LogP contribution in [0.25, 0.3) is 0 Å². The Bertz CT molecular complexity index is 1190. The molecule has 2 aromatic rings. The molecule has 5 rings (SSSR count). The Morgan fingerprint density at radius 2 is 1.59 bits per heavy atom. The van der Waals surface area contributed by atoms with Crippen molar-refractivity contribution in [2.75, 3.05) is 50.8 Å². The van der Waals surface area contributed by atoms with E-state index < -0.39 is 10.0 Å². The van der Waals surface area contributed by atoms with Gasteiger partial charge >= 0.3 is 0 Å². The first kappa shape index (κ1) is 22.7. The third kappa shape index (κ3) is 4.47. The first-order valence-corrected chi connectivity index (χ1v) is 12.9. The largest absolute Gasteiger partial charge is 0.486 e. The van der Waals surface area contributed by atoms with E-state index in [2.05, 4.69) is 0 Å². The van der Waals surface area contributed by atoms with Crippen LogP contribution in [0.1, 0.15) is 18.4 Å². The molecule has 2 amide bonds. The molecular formula is C24H27N3O6S. The lowest BCUT2D eigenvalue weighted by Gasteiger charge is -2.34. The second kappa shape index (κ2) is 9.27. The van der Waals surface area contributed by atoms with Gasteiger partial charge in [0.05, 0.1) is 11.3 Å². The minimum absolute atomic E-state index is 0.0404. The van der Waals surface area contributed by atoms with Crippen molar-refractivity contribution in [2.45, 2.75) is 24.2 Å². The Morgan fingerprint density at radius 3 is 2.26 bits per heavy atom. The van der Waals surface area contributed by atoms with E-state index in [1.807, 2.05) is 24.3 Å². The van der Waals surface area contributed by atoms with Gasteiger partial charge in [0.25, 0.3) is 0 Å². The van der Waals surface area contributed by atoms with Gasteiger partial charge in [-0.05, 0) is 36.2 Å². The lowest BCUT2D eigenvalue weighted by Crippen LogP contribution is -2.50. The number of benzene rings is 2. The van der Waals surface area contributed by atoms with E-state index >= 15 is 0 Å². The summed E-state index contributed by atoms with van der Waals surface area (Å²) in [5.74, 6) is 1.07. The first-order chi connectivity index (χ1) is 16.4. The number of hydrogen-bond acceptors (Lipinski definition) is 6. The molecule has 0 spiro atoms. The zero-order chi connectivity index (χ0) is 23.7. The predicted octanol–water partition coefficient (Wildman–Crippen LogP) is 1.66. The number of nitrogens with zero attached hydrogens (tertiary/aromatic N) is 3. The van der Waals surface area contributed by atoms with Gasteiger partial charge < -0.3 is 19.3 Å². The van der Waals surface area contributed by atoms with Crippen molar-refractivity contribution in [2.24, 2.45) is 0 Å². The molecule has 0 bridgehead atoms. The fraction of sp³-hybridized carbons (Fsp3) is 0.417. The molecule has 180 valence electrons. The fourth-order valence-electron chi connectivity index (χ4n) is 4.51. The number of amides is 2. The van der Waals surface area contributed by atoms with E-state index in [0.717, 1.165) is 24.2 Å². The fourth-order valence-corrected chi connectivity index (χ4v) is 5.95. The van der Waals surface area contributed by atoms with Crippen molar-refractivity contribution in [3.8, 4) is 11.5 Å². The van der Waals surface area contributed by atoms with E-state index in [1.54, 1.807) is 15.9 Å². The maximum Gasteiger partial charge on any atom is 0.243 e. The molecule has 0 aromatic heterocycles. The van der Waals surface area contributed by atoms with Crippen LogP contribution in [-0.2, 0) is 26.0 Å². The minimum atomic E-state index is -3.69. The summed E-state index contributed by atoms with van der Waals surface area (Å²) in [4.78, 5) is 28.3. The Labute approximate surface area is 198 Å². The Kier molecular flexibility index (Phi) is 6.18. The summed E-state index contributed by atoms with van der Waals surface area (Å²) in [6.07, 6.45) is 1.69. The van der Waals surface area contributed by atoms with Crippen LogP contribution in [0.3, 0.4) is 0 Å². The average Bonchev–Trinajstić information content (AvgIpc) is 3.30. The molecule has 0 radical (unpaired) electrons. The molecular weight excluding hydrogens is 458 g/mol. The smallest absolute Gasteiger partial charge is 0.243 e. The molecule has 0 aliphatic carbocycles. The van der Waals surface area contributed by atoms with E-state index in [9.17, 15) is 18.0 Å². The van der Waals surface area contributed by atoms with E-state index in [-0.39, 0.29) is 36.2 Å². The highest BCUT2D eigenvalue weighted by Crippen LogP contribution is 2.33. The summed E-state index contributed by atoms with van der Waals surface area (Å²) < 4.78 is 38.6. The van der Waals surface area contributed by atoms with Crippen LogP contribution >= 0.6 is 0 Å². The zero-order valence-electron chi connectivity index (χ0n) is 18.8. The lowest BCUT2D eigenvalue weighted by molar-refractivity contribution is -0.131. The van der Waals surface area contributed by atoms with Gasteiger partial charge in [-0.25, -0.2) is 8.42 Å². The summed E-state index contributed by atoms with van der Waals surface area (Å²) in [5.41, 5.74) is 1.73. The number of piperazine rings is 1. The normalized spacial score (nSPS) is 18.9. The number of ether oxygens (including phenoxy) is 2. The highest BCUT2D eigenvalue weighted by atomic mass is 32.2. The van der Waals surface area contributed by atoms with Crippen molar-refractivity contribution >= 4 is 27.5 Å². The molecule has 3 heterocycles. The molecule has 9 nitrogen and oxygen atoms in total. The second-order valence-corrected chi connectivity index (χ2v) is 10.5. The van der Waals surface area contributed by atoms with Gasteiger partial charge in [0, 0.05) is 50.9 Å². The number of anilines is 1. The molecule has 2 fully saturated rings. The Balaban J connectivity index is 1.18. The molecule has 3 aliphatic rings. The average molecular weight is 486 g/mol. The number of hydrogen-bond donors (Lipinski definition) is 0. The zero-order valence-corrected chi connectivity index (χ0v) is 19.6. The molecule has 0 unspecified atom stereocenters. The molecule has 0 atom stereocenters. The van der Waals surface area contributed by atoms with Gasteiger partial charge in [-0.3, -0.25) is 9.59 Å². The monoisotopic (exact) mass is 485 g/mol. The molecule has 3 aliphatic heterocycles. The number of sulfonamides is 1. The van der Waals surface area contributed by atoms with Crippen LogP contribution in [-0.4, -0.2) is 75.4 Å². The van der Waals surface area contributed by atoms with Crippen molar-refractivity contribution in [3.63, 3.8) is 0 Å². The van der Waals surface area contributed by atoms with Crippen molar-refractivity contribution < 1.29 is 27.5 Å². The first-order valence-electron chi connectivity index (χ1n) is 11.5. The van der Waals surface area contributed by atoms with Gasteiger partial charge in [-0.1, -0.05) is 12.1 Å². The number of fused-ring (bicyclic) bond motifs is 1. The molecule has 0 saturated carbocycles. The third-order valence-electron chi connectivity index (χ3n) is 6.42. The predicted molar refractivity (Wildman–Crippen MR) is 125 cm³/mol. The maximum absolute atomic E-state index is 13.1. The maximum atomic E-state index is 13.1. The Morgan fingerprint density at radius 1 is 0.882 bits per heavy atom. The lowest BCUT2D eigenvalue weighted by atomic mass is 10.1. The molecule has 10 heteroatoms. The number of carbonyl (C=O) groups excluding carboxylic acids is 2. The molecule has 34 heavy (non-hydrogen) atoms. The topological polar surface area (TPSA) is 96.5 Å². The van der Waals surface area contributed by atoms with Crippen LogP contribution in [0.4, 0.5) is 5.69 Å². The second-order valence-electron chi connectivity index (χ2n) is 8.58. The Hall–Kier alpha value is -3.11. The van der Waals surface area contributed by atoms with Gasteiger partial charge in [0.2, 0.25) is 21.8 Å². The summed E-state index contributed by atoms with van der Waals surface area (Å²) in [7, 11) is -3.69. The molecule has 2 aromatic carbocycles. The van der Waals surface area contributed by atoms with Gasteiger partial charge in [-0.15, -0.1) is 0 Å². The molecule has 2 saturated heterocycles. The SMILES string of the molecule is O=C(Cc1ccc(N2CCCC2=O)cc1)N1CCN(S(=O)(=O)c2ccc3c(c2)OCCO3)CC1. The van der Waals surface area contributed by atoms with Gasteiger partial charge in [-0.2, -0.15) is 4.31 Å². The summed E-state index contributed by atoms with van der Waals surface area (Å²) in [5, 5.41) is 0. The summed E-state index contributed by atoms with van der Waals surface area (Å²) in [6, 6.07) is 12.2. The van der Waals surface area contributed by atoms with Gasteiger partial charge in [0.1, 0.15) is 13.2 Å². The van der Waals surface area contributed by atoms with E-state index in [0.29, 0.717) is 44.2 Å². The number of rotatable bonds is 5. The van der Waals surface area contributed by atoms with Gasteiger partial charge in [0.15, 0.2) is 11.5 Å². The van der Waals surface area contributed by atoms with E-state index in [4.69, 9.17) is 9.47 Å². The number of carbonyl (C=O) groups is 2. The van der Waals surface area contributed by atoms with Crippen molar-refractivity contribution in [1.29, 1.82) is 0 Å². The van der Waals surface area contributed by atoms with E-state index in [1.165, 1.54) is 16.4 Å². The highest BCUT2D eigenvalue weighted by molar-refractivity contribution is 7.89. The highest BCUT2D eigenvalue weighted by Gasteiger charge is 2.31. The minimum Gasteiger partial charge on any atom is -0.486 e. The third-order valence-corrected chi connectivity index (χ3v) is 8.31. The summed E-state index contributed by atoms with van der Waals surface area (Å²) in [6.45, 7) is 2.70.